The van der Waals surface area contributed by atoms with Crippen molar-refractivity contribution in [3.63, 3.8) is 0 Å². The van der Waals surface area contributed by atoms with E-state index >= 15 is 0 Å². The molecule has 0 aliphatic rings. The van der Waals surface area contributed by atoms with Crippen molar-refractivity contribution in [1.29, 1.82) is 0 Å². The average Bonchev–Trinajstić information content (AvgIpc) is 2.88. The molecule has 4 N–H and O–H groups in total. The van der Waals surface area contributed by atoms with E-state index in [0.717, 1.165) is 12.1 Å². The normalized spacial score (nSPS) is 12.4. The molecule has 108 valence electrons. The molecule has 0 aliphatic heterocycles. The van der Waals surface area contributed by atoms with E-state index in [9.17, 15) is 13.2 Å². The van der Waals surface area contributed by atoms with E-state index in [1.165, 1.54) is 0 Å². The van der Waals surface area contributed by atoms with Gasteiger partial charge in [0.25, 0.3) is 0 Å². The molecule has 5 nitrogen and oxygen atoms in total. The molecular weight excluding hydrogens is 273 g/mol. The van der Waals surface area contributed by atoms with Crippen LogP contribution in [0.3, 0.4) is 0 Å². The zero-order chi connectivity index (χ0) is 14.7. The lowest BCUT2D eigenvalue weighted by Gasteiger charge is -2.16. The third-order valence-corrected chi connectivity index (χ3v) is 2.62. The summed E-state index contributed by atoms with van der Waals surface area (Å²) < 4.78 is 41.8. The number of halogens is 3. The number of nitrogens with one attached hydrogen (secondary N) is 2. The molecule has 8 heteroatoms. The van der Waals surface area contributed by atoms with Crippen LogP contribution in [0.25, 0.3) is 0 Å². The second kappa shape index (κ2) is 5.72. The summed E-state index contributed by atoms with van der Waals surface area (Å²) in [5, 5.41) is 2.94. The summed E-state index contributed by atoms with van der Waals surface area (Å²) in [6.45, 7) is -1.32. The van der Waals surface area contributed by atoms with Crippen molar-refractivity contribution < 1.29 is 17.9 Å². The Bertz CT molecular complexity index is 574. The van der Waals surface area contributed by atoms with Crippen molar-refractivity contribution in [3.8, 4) is 5.75 Å². The first kappa shape index (κ1) is 14.0. The van der Waals surface area contributed by atoms with Gasteiger partial charge in [-0.3, -0.25) is 0 Å². The monoisotopic (exact) mass is 286 g/mol. The van der Waals surface area contributed by atoms with Gasteiger partial charge in [0.15, 0.2) is 11.6 Å². The fourth-order valence-electron chi connectivity index (χ4n) is 1.70. The highest BCUT2D eigenvalue weighted by atomic mass is 19.3. The van der Waals surface area contributed by atoms with Crippen LogP contribution < -0.4 is 15.8 Å². The van der Waals surface area contributed by atoms with Crippen molar-refractivity contribution >= 4 is 11.4 Å². The molecule has 0 saturated carbocycles. The Morgan fingerprint density at radius 3 is 2.75 bits per heavy atom. The van der Waals surface area contributed by atoms with Gasteiger partial charge in [-0.2, -0.15) is 8.78 Å². The SMILES string of the molecule is CC(Nc1cc(OC(F)F)c(F)cc1N)c1ncc[nH]1. The molecular formula is C12H13F3N4O. The summed E-state index contributed by atoms with van der Waals surface area (Å²) in [4.78, 5) is 6.94. The predicted molar refractivity (Wildman–Crippen MR) is 68.1 cm³/mol. The molecule has 0 fully saturated rings. The molecule has 1 aromatic heterocycles. The van der Waals surface area contributed by atoms with Crippen LogP contribution in [0.4, 0.5) is 24.5 Å². The standard InChI is InChI=1S/C12H13F3N4O/c1-6(11-17-2-3-18-11)19-9-5-10(20-12(14)15)7(13)4-8(9)16/h2-6,12,19H,16H2,1H3,(H,17,18). The van der Waals surface area contributed by atoms with Gasteiger partial charge in [-0.25, -0.2) is 9.37 Å². The average molecular weight is 286 g/mol. The number of benzene rings is 1. The van der Waals surface area contributed by atoms with Gasteiger partial charge in [-0.05, 0) is 6.92 Å². The van der Waals surface area contributed by atoms with Crippen LogP contribution in [0.2, 0.25) is 0 Å². The molecule has 20 heavy (non-hydrogen) atoms. The second-order valence-corrected chi connectivity index (χ2v) is 4.09. The van der Waals surface area contributed by atoms with Gasteiger partial charge in [-0.1, -0.05) is 0 Å². The van der Waals surface area contributed by atoms with E-state index in [4.69, 9.17) is 5.73 Å². The Labute approximate surface area is 113 Å². The van der Waals surface area contributed by atoms with E-state index < -0.39 is 18.2 Å². The number of nitrogen functional groups attached to an aromatic ring is 1. The molecule has 0 bridgehead atoms. The maximum atomic E-state index is 13.4. The maximum absolute atomic E-state index is 13.4. The van der Waals surface area contributed by atoms with E-state index in [2.05, 4.69) is 20.0 Å². The molecule has 1 heterocycles. The van der Waals surface area contributed by atoms with Crippen LogP contribution in [0, 0.1) is 5.82 Å². The summed E-state index contributed by atoms with van der Waals surface area (Å²) in [6.07, 6.45) is 3.22. The Hall–Kier alpha value is -2.38. The zero-order valence-corrected chi connectivity index (χ0v) is 10.5. The first-order chi connectivity index (χ1) is 9.47. The van der Waals surface area contributed by atoms with E-state index in [-0.39, 0.29) is 17.4 Å². The number of imidazole rings is 1. The predicted octanol–water partition coefficient (Wildman–Crippen LogP) is 2.91. The largest absolute Gasteiger partial charge is 0.432 e. The molecule has 0 spiro atoms. The number of ether oxygens (including phenoxy) is 1. The lowest BCUT2D eigenvalue weighted by atomic mass is 10.2. The van der Waals surface area contributed by atoms with Crippen molar-refractivity contribution in [1.82, 2.24) is 9.97 Å². The number of H-pyrrole nitrogens is 1. The number of nitrogens with zero attached hydrogens (tertiary/aromatic N) is 1. The number of alkyl halides is 2. The summed E-state index contributed by atoms with van der Waals surface area (Å²) in [7, 11) is 0. The Kier molecular flexibility index (Phi) is 4.02. The molecule has 0 saturated heterocycles. The van der Waals surface area contributed by atoms with Gasteiger partial charge in [0, 0.05) is 24.5 Å². The Morgan fingerprint density at radius 2 is 2.15 bits per heavy atom. The van der Waals surface area contributed by atoms with Crippen molar-refractivity contribution in [2.24, 2.45) is 0 Å². The first-order valence-electron chi connectivity index (χ1n) is 5.77. The first-order valence-corrected chi connectivity index (χ1v) is 5.77. The third kappa shape index (κ3) is 3.14. The van der Waals surface area contributed by atoms with Gasteiger partial charge >= 0.3 is 6.61 Å². The molecule has 1 aromatic carbocycles. The Balaban J connectivity index is 2.22. The van der Waals surface area contributed by atoms with Gasteiger partial charge in [0.05, 0.1) is 17.4 Å². The van der Waals surface area contributed by atoms with Crippen LogP contribution in [0.5, 0.6) is 5.75 Å². The highest BCUT2D eigenvalue weighted by molar-refractivity contribution is 5.69. The number of nitrogens with two attached hydrogens (primary N) is 1. The van der Waals surface area contributed by atoms with Crippen LogP contribution in [-0.4, -0.2) is 16.6 Å². The van der Waals surface area contributed by atoms with E-state index in [0.29, 0.717) is 5.82 Å². The number of rotatable bonds is 5. The summed E-state index contributed by atoms with van der Waals surface area (Å²) in [5.41, 5.74) is 6.02. The molecule has 1 atom stereocenters. The van der Waals surface area contributed by atoms with Crippen LogP contribution in [-0.2, 0) is 0 Å². The number of aromatic amines is 1. The summed E-state index contributed by atoms with van der Waals surface area (Å²) in [5.74, 6) is -0.882. The second-order valence-electron chi connectivity index (χ2n) is 4.09. The van der Waals surface area contributed by atoms with Gasteiger partial charge in [-0.15, -0.1) is 0 Å². The fraction of sp³-hybridized carbons (Fsp3) is 0.250. The molecule has 0 radical (unpaired) electrons. The van der Waals surface area contributed by atoms with Gasteiger partial charge in [0.1, 0.15) is 5.82 Å². The lowest BCUT2D eigenvalue weighted by molar-refractivity contribution is -0.0521. The minimum atomic E-state index is -3.11. The topological polar surface area (TPSA) is 76.0 Å². The highest BCUT2D eigenvalue weighted by Crippen LogP contribution is 2.31. The van der Waals surface area contributed by atoms with Crippen LogP contribution in [0.15, 0.2) is 24.5 Å². The van der Waals surface area contributed by atoms with E-state index in [1.807, 2.05) is 0 Å². The number of anilines is 2. The Morgan fingerprint density at radius 1 is 1.40 bits per heavy atom. The molecule has 1 unspecified atom stereocenters. The quantitative estimate of drug-likeness (QED) is 0.739. The summed E-state index contributed by atoms with van der Waals surface area (Å²) in [6, 6.07) is 1.75. The molecule has 0 amide bonds. The third-order valence-electron chi connectivity index (χ3n) is 2.62. The number of hydrogen-bond acceptors (Lipinski definition) is 4. The summed E-state index contributed by atoms with van der Waals surface area (Å²) >= 11 is 0. The highest BCUT2D eigenvalue weighted by Gasteiger charge is 2.15. The minimum absolute atomic E-state index is 0.0857. The zero-order valence-electron chi connectivity index (χ0n) is 10.5. The van der Waals surface area contributed by atoms with Gasteiger partial charge < -0.3 is 20.8 Å². The minimum Gasteiger partial charge on any atom is -0.432 e. The van der Waals surface area contributed by atoms with E-state index in [1.54, 1.807) is 19.3 Å². The smallest absolute Gasteiger partial charge is 0.387 e. The number of hydrogen-bond donors (Lipinski definition) is 3. The fourth-order valence-corrected chi connectivity index (χ4v) is 1.70. The van der Waals surface area contributed by atoms with Crippen LogP contribution in [0.1, 0.15) is 18.8 Å². The number of aromatic nitrogens is 2. The molecule has 2 rings (SSSR count). The molecule has 2 aromatic rings. The van der Waals surface area contributed by atoms with Crippen LogP contribution >= 0.6 is 0 Å². The van der Waals surface area contributed by atoms with Crippen molar-refractivity contribution in [2.75, 3.05) is 11.1 Å². The van der Waals surface area contributed by atoms with Gasteiger partial charge in [0.2, 0.25) is 0 Å². The maximum Gasteiger partial charge on any atom is 0.387 e. The van der Waals surface area contributed by atoms with Crippen molar-refractivity contribution in [3.05, 3.63) is 36.2 Å². The molecule has 0 aliphatic carbocycles. The van der Waals surface area contributed by atoms with Crippen molar-refractivity contribution in [2.45, 2.75) is 19.6 Å². The lowest BCUT2D eigenvalue weighted by Crippen LogP contribution is -2.11.